The lowest BCUT2D eigenvalue weighted by molar-refractivity contribution is 0.0994. The van der Waals surface area contributed by atoms with Gasteiger partial charge in [0, 0.05) is 22.5 Å². The van der Waals surface area contributed by atoms with E-state index in [4.69, 9.17) is 11.6 Å². The van der Waals surface area contributed by atoms with Crippen molar-refractivity contribution in [2.45, 2.75) is 54.8 Å². The third kappa shape index (κ3) is 3.58. The summed E-state index contributed by atoms with van der Waals surface area (Å²) in [6.07, 6.45) is 3.75. The Bertz CT molecular complexity index is 1290. The number of nitrogens with one attached hydrogen (secondary N) is 1. The Kier molecular flexibility index (Phi) is 4.78. The number of aromatic amines is 1. The highest BCUT2D eigenvalue weighted by atomic mass is 35.5. The summed E-state index contributed by atoms with van der Waals surface area (Å²) in [6, 6.07) is 6.86. The van der Waals surface area contributed by atoms with Gasteiger partial charge in [-0.05, 0) is 44.7 Å². The number of Topliss-reactive ketones (excluding diaryl/α,β-unsaturated/α-hetero) is 1. The average Bonchev–Trinajstić information content (AvgIpc) is 3.60. The fraction of sp³-hybridized carbons (Fsp3) is 0.381. The fourth-order valence-corrected chi connectivity index (χ4v) is 4.73. The van der Waals surface area contributed by atoms with Crippen LogP contribution in [-0.4, -0.2) is 30.6 Å². The van der Waals surface area contributed by atoms with Gasteiger partial charge in [-0.1, -0.05) is 35.5 Å². The number of thioether (sulfide) groups is 1. The normalized spacial score (nSPS) is 17.3. The smallest absolute Gasteiger partial charge is 0.293 e. The summed E-state index contributed by atoms with van der Waals surface area (Å²) >= 11 is 7.25. The molecule has 2 aromatic heterocycles. The second-order valence-corrected chi connectivity index (χ2v) is 9.62. The summed E-state index contributed by atoms with van der Waals surface area (Å²) in [6.45, 7) is 1.78. The molecule has 2 saturated carbocycles. The summed E-state index contributed by atoms with van der Waals surface area (Å²) < 4.78 is 1.58. The molecule has 3 aromatic rings. The minimum Gasteiger partial charge on any atom is -0.293 e. The number of nitrogens with zero attached hydrogens (tertiary/aromatic N) is 3. The van der Waals surface area contributed by atoms with Crippen LogP contribution >= 0.6 is 23.4 Å². The Morgan fingerprint density at radius 2 is 2.00 bits per heavy atom. The molecule has 2 fully saturated rings. The monoisotopic (exact) mass is 442 g/mol. The van der Waals surface area contributed by atoms with E-state index in [1.165, 1.54) is 11.8 Å². The highest BCUT2D eigenvalue weighted by molar-refractivity contribution is 8.00. The van der Waals surface area contributed by atoms with Crippen LogP contribution in [0.3, 0.4) is 0 Å². The van der Waals surface area contributed by atoms with E-state index >= 15 is 0 Å². The van der Waals surface area contributed by atoms with Crippen molar-refractivity contribution in [3.05, 3.63) is 61.5 Å². The molecule has 1 atom stereocenters. The van der Waals surface area contributed by atoms with Crippen LogP contribution in [0.25, 0.3) is 11.0 Å². The number of hydrogen-bond acceptors (Lipinski definition) is 6. The number of hydrogen-bond donors (Lipinski definition) is 1. The first kappa shape index (κ1) is 19.5. The van der Waals surface area contributed by atoms with Crippen LogP contribution in [-0.2, 0) is 0 Å². The Morgan fingerprint density at radius 1 is 1.23 bits per heavy atom. The molecule has 1 unspecified atom stereocenters. The molecule has 0 spiro atoms. The summed E-state index contributed by atoms with van der Waals surface area (Å²) in [7, 11) is 0. The summed E-state index contributed by atoms with van der Waals surface area (Å²) in [5, 5.41) is 0.725. The molecule has 30 heavy (non-hydrogen) atoms. The van der Waals surface area contributed by atoms with Crippen molar-refractivity contribution in [2.75, 3.05) is 0 Å². The van der Waals surface area contributed by atoms with Gasteiger partial charge in [-0.25, -0.2) is 14.8 Å². The van der Waals surface area contributed by atoms with Gasteiger partial charge < -0.3 is 0 Å². The fourth-order valence-electron chi connectivity index (χ4n) is 3.51. The van der Waals surface area contributed by atoms with Gasteiger partial charge in [-0.15, -0.1) is 0 Å². The van der Waals surface area contributed by atoms with E-state index in [9.17, 15) is 14.4 Å². The molecule has 9 heteroatoms. The van der Waals surface area contributed by atoms with Gasteiger partial charge in [0.05, 0.1) is 5.25 Å². The zero-order valence-electron chi connectivity index (χ0n) is 16.2. The van der Waals surface area contributed by atoms with Gasteiger partial charge in [0.25, 0.3) is 5.56 Å². The van der Waals surface area contributed by atoms with Crippen LogP contribution in [0.15, 0.2) is 38.9 Å². The lowest BCUT2D eigenvalue weighted by atomic mass is 10.1. The number of rotatable bonds is 6. The summed E-state index contributed by atoms with van der Waals surface area (Å²) in [4.78, 5) is 49.8. The molecule has 0 radical (unpaired) electrons. The minimum atomic E-state index is -0.515. The SMILES string of the molecule is CC(Sc1nc(C2CC2)nc2c1c(=O)[nH]c(=O)n2C1CC1)C(=O)c1cccc(Cl)c1. The van der Waals surface area contributed by atoms with Crippen LogP contribution in [0.4, 0.5) is 0 Å². The number of carbonyl (C=O) groups excluding carboxylic acids is 1. The standard InChI is InChI=1S/C21H19ClN4O3S/c1-10(16(27)12-3-2-4-13(22)9-12)30-20-15-18(23-17(24-20)11-5-6-11)26(14-7-8-14)21(29)25-19(15)28/h2-4,9-11,14H,5-8H2,1H3,(H,25,28,29). The van der Waals surface area contributed by atoms with Crippen molar-refractivity contribution in [2.24, 2.45) is 0 Å². The molecule has 2 aliphatic carbocycles. The van der Waals surface area contributed by atoms with Crippen molar-refractivity contribution in [1.29, 1.82) is 0 Å². The molecular formula is C21H19ClN4O3S. The second kappa shape index (κ2) is 7.35. The first-order valence-corrected chi connectivity index (χ1v) is 11.2. The Hall–Kier alpha value is -2.45. The van der Waals surface area contributed by atoms with E-state index < -0.39 is 16.5 Å². The maximum atomic E-state index is 12.9. The van der Waals surface area contributed by atoms with E-state index in [1.807, 2.05) is 0 Å². The number of fused-ring (bicyclic) bond motifs is 1. The molecule has 1 N–H and O–H groups in total. The van der Waals surface area contributed by atoms with Crippen molar-refractivity contribution >= 4 is 40.2 Å². The van der Waals surface area contributed by atoms with E-state index in [0.717, 1.165) is 25.7 Å². The van der Waals surface area contributed by atoms with E-state index in [-0.39, 0.29) is 23.1 Å². The van der Waals surface area contributed by atoms with Crippen molar-refractivity contribution in [3.8, 4) is 0 Å². The number of halogens is 1. The molecule has 2 heterocycles. The maximum absolute atomic E-state index is 12.9. The molecule has 7 nitrogen and oxygen atoms in total. The molecule has 5 rings (SSSR count). The van der Waals surface area contributed by atoms with Gasteiger partial charge in [0.2, 0.25) is 0 Å². The Balaban J connectivity index is 1.61. The predicted molar refractivity (Wildman–Crippen MR) is 116 cm³/mol. The lowest BCUT2D eigenvalue weighted by Crippen LogP contribution is -2.31. The van der Waals surface area contributed by atoms with Crippen LogP contribution in [0.2, 0.25) is 5.02 Å². The first-order chi connectivity index (χ1) is 14.4. The molecule has 0 aliphatic heterocycles. The lowest BCUT2D eigenvalue weighted by Gasteiger charge is -2.14. The summed E-state index contributed by atoms with van der Waals surface area (Å²) in [5.74, 6) is 0.788. The molecular weight excluding hydrogens is 424 g/mol. The molecule has 0 amide bonds. The van der Waals surface area contributed by atoms with Gasteiger partial charge in [0.15, 0.2) is 11.4 Å². The molecule has 154 valence electrons. The van der Waals surface area contributed by atoms with Crippen LogP contribution < -0.4 is 11.2 Å². The van der Waals surface area contributed by atoms with Crippen molar-refractivity contribution in [1.82, 2.24) is 19.5 Å². The largest absolute Gasteiger partial charge is 0.330 e. The molecule has 2 aliphatic rings. The third-order valence-corrected chi connectivity index (χ3v) is 6.71. The molecule has 0 bridgehead atoms. The molecule has 0 saturated heterocycles. The number of carbonyl (C=O) groups is 1. The number of ketones is 1. The second-order valence-electron chi connectivity index (χ2n) is 7.85. The number of aromatic nitrogens is 4. The minimum absolute atomic E-state index is 0.0576. The number of H-pyrrole nitrogens is 1. The quantitative estimate of drug-likeness (QED) is 0.355. The summed E-state index contributed by atoms with van der Waals surface area (Å²) in [5.41, 5.74) is -0.0614. The predicted octanol–water partition coefficient (Wildman–Crippen LogP) is 3.71. The van der Waals surface area contributed by atoms with Gasteiger partial charge in [-0.3, -0.25) is 19.1 Å². The van der Waals surface area contributed by atoms with E-state index in [2.05, 4.69) is 15.0 Å². The zero-order chi connectivity index (χ0) is 21.0. The first-order valence-electron chi connectivity index (χ1n) is 9.95. The Labute approximate surface area is 180 Å². The van der Waals surface area contributed by atoms with Gasteiger partial charge in [0.1, 0.15) is 16.2 Å². The van der Waals surface area contributed by atoms with Crippen LogP contribution in [0, 0.1) is 0 Å². The van der Waals surface area contributed by atoms with Gasteiger partial charge in [-0.2, -0.15) is 0 Å². The van der Waals surface area contributed by atoms with Gasteiger partial charge >= 0.3 is 5.69 Å². The highest BCUT2D eigenvalue weighted by Gasteiger charge is 2.33. The zero-order valence-corrected chi connectivity index (χ0v) is 17.8. The highest BCUT2D eigenvalue weighted by Crippen LogP contribution is 2.41. The van der Waals surface area contributed by atoms with E-state index in [0.29, 0.717) is 27.1 Å². The van der Waals surface area contributed by atoms with Crippen molar-refractivity contribution in [3.63, 3.8) is 0 Å². The maximum Gasteiger partial charge on any atom is 0.330 e. The average molecular weight is 443 g/mol. The molecule has 1 aromatic carbocycles. The topological polar surface area (TPSA) is 97.7 Å². The van der Waals surface area contributed by atoms with E-state index in [1.54, 1.807) is 35.8 Å². The van der Waals surface area contributed by atoms with Crippen molar-refractivity contribution < 1.29 is 4.79 Å². The number of benzene rings is 1. The third-order valence-electron chi connectivity index (χ3n) is 5.39. The van der Waals surface area contributed by atoms with Crippen LogP contribution in [0.5, 0.6) is 0 Å². The Morgan fingerprint density at radius 3 is 2.67 bits per heavy atom. The van der Waals surface area contributed by atoms with Crippen LogP contribution in [0.1, 0.15) is 60.7 Å².